The molecule has 12 unspecified atom stereocenters. The van der Waals surface area contributed by atoms with Crippen molar-refractivity contribution in [1.29, 1.82) is 0 Å². The van der Waals surface area contributed by atoms with Crippen molar-refractivity contribution in [3.8, 4) is 0 Å². The molecule has 1 amide bonds. The molecule has 2 heterocycles. The number of aliphatic hydroxyl groups excluding tert-OH is 8. The van der Waals surface area contributed by atoms with E-state index in [1.807, 2.05) is 6.08 Å². The molecule has 14 heteroatoms. The highest BCUT2D eigenvalue weighted by molar-refractivity contribution is 5.76. The molecule has 564 valence electrons. The largest absolute Gasteiger partial charge is 0.394 e. The molecule has 0 aliphatic carbocycles. The maximum Gasteiger partial charge on any atom is 0.220 e. The number of hydrogen-bond donors (Lipinski definition) is 9. The minimum Gasteiger partial charge on any atom is -0.394 e. The fourth-order valence-electron chi connectivity index (χ4n) is 14.2. The van der Waals surface area contributed by atoms with E-state index in [9.17, 15) is 45.6 Å². The van der Waals surface area contributed by atoms with Gasteiger partial charge in [0.1, 0.15) is 48.8 Å². The molecule has 2 saturated heterocycles. The molecule has 0 saturated carbocycles. The third-order valence-electron chi connectivity index (χ3n) is 20.7. The summed E-state index contributed by atoms with van der Waals surface area (Å²) in [6, 6.07) is -0.913. The number of ether oxygens (including phenoxy) is 4. The molecule has 0 aromatic heterocycles. The van der Waals surface area contributed by atoms with Crippen LogP contribution in [0.15, 0.2) is 12.2 Å². The fourth-order valence-corrected chi connectivity index (χ4v) is 14.2. The van der Waals surface area contributed by atoms with Crippen molar-refractivity contribution < 1.29 is 64.6 Å². The summed E-state index contributed by atoms with van der Waals surface area (Å²) in [6.07, 6.45) is 67.4. The number of aliphatic hydroxyl groups is 8. The number of unbranched alkanes of at least 4 members (excludes halogenated alkanes) is 58. The summed E-state index contributed by atoms with van der Waals surface area (Å²) in [5.41, 5.74) is 0. The van der Waals surface area contributed by atoms with E-state index >= 15 is 0 Å². The van der Waals surface area contributed by atoms with Crippen molar-refractivity contribution in [3.63, 3.8) is 0 Å². The lowest BCUT2D eigenvalue weighted by Gasteiger charge is -2.46. The van der Waals surface area contributed by atoms with Gasteiger partial charge in [-0.2, -0.15) is 0 Å². The third-order valence-corrected chi connectivity index (χ3v) is 20.7. The van der Waals surface area contributed by atoms with Crippen LogP contribution in [-0.4, -0.2) is 140 Å². The molecule has 0 bridgehead atoms. The van der Waals surface area contributed by atoms with Gasteiger partial charge < -0.3 is 65.1 Å². The van der Waals surface area contributed by atoms with Gasteiger partial charge in [-0.3, -0.25) is 4.79 Å². The Morgan fingerprint density at radius 3 is 0.968 bits per heavy atom. The zero-order valence-corrected chi connectivity index (χ0v) is 62.0. The van der Waals surface area contributed by atoms with Crippen LogP contribution in [0.2, 0.25) is 0 Å². The van der Waals surface area contributed by atoms with Gasteiger partial charge >= 0.3 is 0 Å². The van der Waals surface area contributed by atoms with Crippen LogP contribution in [0.25, 0.3) is 0 Å². The zero-order chi connectivity index (χ0) is 68.7. The first-order chi connectivity index (χ1) is 46.6. The number of amides is 1. The van der Waals surface area contributed by atoms with E-state index in [0.29, 0.717) is 0 Å². The Balaban J connectivity index is 1.60. The molecule has 0 aromatic rings. The molecule has 2 aliphatic heterocycles. The molecular formula is C81H157NO13. The average Bonchev–Trinajstić information content (AvgIpc) is 0.801. The van der Waals surface area contributed by atoms with E-state index in [2.05, 4.69) is 19.2 Å². The predicted octanol–water partition coefficient (Wildman–Crippen LogP) is 18.9. The smallest absolute Gasteiger partial charge is 0.220 e. The first-order valence-corrected chi connectivity index (χ1v) is 41.4. The molecule has 0 spiro atoms. The fraction of sp³-hybridized carbons (Fsp3) is 0.963. The highest BCUT2D eigenvalue weighted by Gasteiger charge is 2.51. The quantitative estimate of drug-likeness (QED) is 0.0204. The number of allylic oxidation sites excluding steroid dienone is 1. The highest BCUT2D eigenvalue weighted by Crippen LogP contribution is 2.30. The molecule has 0 radical (unpaired) electrons. The van der Waals surface area contributed by atoms with E-state index in [1.165, 1.54) is 340 Å². The molecule has 2 aliphatic rings. The van der Waals surface area contributed by atoms with Crippen molar-refractivity contribution >= 4 is 5.91 Å². The van der Waals surface area contributed by atoms with Crippen LogP contribution >= 0.6 is 0 Å². The van der Waals surface area contributed by atoms with E-state index in [1.54, 1.807) is 6.08 Å². The summed E-state index contributed by atoms with van der Waals surface area (Å²) in [5, 5.41) is 87.7. The first-order valence-electron chi connectivity index (χ1n) is 41.4. The van der Waals surface area contributed by atoms with E-state index in [-0.39, 0.29) is 18.9 Å². The molecule has 2 rings (SSSR count). The summed E-state index contributed by atoms with van der Waals surface area (Å²) in [7, 11) is 0. The Labute approximate surface area is 584 Å². The van der Waals surface area contributed by atoms with Crippen LogP contribution in [0, 0.1) is 0 Å². The number of rotatable bonds is 71. The Hall–Kier alpha value is -1.27. The molecule has 0 aromatic carbocycles. The second-order valence-corrected chi connectivity index (χ2v) is 29.6. The van der Waals surface area contributed by atoms with Gasteiger partial charge in [-0.25, -0.2) is 0 Å². The minimum absolute atomic E-state index is 0.228. The van der Waals surface area contributed by atoms with Gasteiger partial charge in [0.25, 0.3) is 0 Å². The van der Waals surface area contributed by atoms with Crippen LogP contribution in [-0.2, 0) is 23.7 Å². The minimum atomic E-state index is -1.79. The van der Waals surface area contributed by atoms with Crippen LogP contribution in [0.1, 0.15) is 406 Å². The Kier molecular flexibility index (Phi) is 62.4. The lowest BCUT2D eigenvalue weighted by molar-refractivity contribution is -0.359. The summed E-state index contributed by atoms with van der Waals surface area (Å²) >= 11 is 0. The molecular weight excluding hydrogens is 1190 g/mol. The van der Waals surface area contributed by atoms with Crippen LogP contribution in [0.5, 0.6) is 0 Å². The second kappa shape index (κ2) is 66.0. The zero-order valence-electron chi connectivity index (χ0n) is 62.0. The van der Waals surface area contributed by atoms with Crippen molar-refractivity contribution in [3.05, 3.63) is 12.2 Å². The van der Waals surface area contributed by atoms with E-state index in [0.717, 1.165) is 44.9 Å². The number of nitrogens with one attached hydrogen (secondary N) is 1. The Bertz CT molecular complexity index is 1640. The lowest BCUT2D eigenvalue weighted by Crippen LogP contribution is -2.65. The van der Waals surface area contributed by atoms with Crippen molar-refractivity contribution in [1.82, 2.24) is 5.32 Å². The van der Waals surface area contributed by atoms with Gasteiger partial charge in [-0.05, 0) is 19.3 Å². The van der Waals surface area contributed by atoms with Gasteiger partial charge in [0.05, 0.1) is 32.0 Å². The first kappa shape index (κ1) is 89.8. The lowest BCUT2D eigenvalue weighted by atomic mass is 9.97. The van der Waals surface area contributed by atoms with E-state index < -0.39 is 86.8 Å². The monoisotopic (exact) mass is 1350 g/mol. The molecule has 2 fully saturated rings. The van der Waals surface area contributed by atoms with Gasteiger partial charge in [0, 0.05) is 6.42 Å². The molecule has 14 nitrogen and oxygen atoms in total. The summed E-state index contributed by atoms with van der Waals surface area (Å²) in [5.74, 6) is -0.228. The predicted molar refractivity (Wildman–Crippen MR) is 392 cm³/mol. The topological polar surface area (TPSA) is 228 Å². The maximum absolute atomic E-state index is 13.4. The molecule has 12 atom stereocenters. The second-order valence-electron chi connectivity index (χ2n) is 29.6. The molecule has 9 N–H and O–H groups in total. The Morgan fingerprint density at radius 2 is 0.653 bits per heavy atom. The summed E-state index contributed by atoms with van der Waals surface area (Å²) < 4.78 is 22.9. The summed E-state index contributed by atoms with van der Waals surface area (Å²) in [6.45, 7) is 2.88. The standard InChI is InChI=1S/C81H157NO13/c1-3-5-7-9-11-13-15-17-19-21-23-25-27-29-31-33-34-35-37-39-41-43-45-47-49-51-53-55-57-59-61-63-65-73(86)82-69(68-92-80-78(91)76(89)79(72(67-84)94-80)95-81-77(90)75(88)74(87)71(66-83)93-81)70(85)64-62-60-58-56-54-52-50-48-46-44-42-40-38-36-32-30-28-26-24-22-20-18-16-14-12-10-8-6-4-2/h62,64,69-72,74-81,83-85,87-91H,3-61,63,65-68H2,1-2H3,(H,82,86)/b64-62+. The van der Waals surface area contributed by atoms with Crippen LogP contribution in [0.3, 0.4) is 0 Å². The van der Waals surface area contributed by atoms with Gasteiger partial charge in [-0.15, -0.1) is 0 Å². The normalized spacial score (nSPS) is 22.3. The van der Waals surface area contributed by atoms with Gasteiger partial charge in [0.2, 0.25) is 5.91 Å². The van der Waals surface area contributed by atoms with Crippen LogP contribution in [0.4, 0.5) is 0 Å². The van der Waals surface area contributed by atoms with Gasteiger partial charge in [0.15, 0.2) is 12.6 Å². The van der Waals surface area contributed by atoms with Crippen LogP contribution < -0.4 is 5.32 Å². The van der Waals surface area contributed by atoms with Crippen molar-refractivity contribution in [2.75, 3.05) is 19.8 Å². The third kappa shape index (κ3) is 49.1. The molecule has 95 heavy (non-hydrogen) atoms. The average molecular weight is 1350 g/mol. The van der Waals surface area contributed by atoms with E-state index in [4.69, 9.17) is 18.9 Å². The van der Waals surface area contributed by atoms with Crippen molar-refractivity contribution in [2.24, 2.45) is 0 Å². The maximum atomic E-state index is 13.4. The number of hydrogen-bond acceptors (Lipinski definition) is 13. The van der Waals surface area contributed by atoms with Gasteiger partial charge in [-0.1, -0.05) is 392 Å². The summed E-state index contributed by atoms with van der Waals surface area (Å²) in [4.78, 5) is 13.4. The number of carbonyl (C=O) groups excluding carboxylic acids is 1. The Morgan fingerprint density at radius 1 is 0.368 bits per heavy atom. The van der Waals surface area contributed by atoms with Crippen molar-refractivity contribution in [2.45, 2.75) is 479 Å². The number of carbonyl (C=O) groups is 1. The SMILES string of the molecule is CCCCCCCCCCCCCCCCCCCCCCCCCCCCC/C=C/C(O)C(COC1OC(CO)C(OC2OC(CO)C(O)C(O)C2O)C(O)C1O)NC(=O)CCCCCCCCCCCCCCCCCCCCCCCCCCCCCCCCCC. The highest BCUT2D eigenvalue weighted by atomic mass is 16.7.